The van der Waals surface area contributed by atoms with Crippen molar-refractivity contribution in [1.29, 1.82) is 0 Å². The van der Waals surface area contributed by atoms with Gasteiger partial charge in [-0.05, 0) is 12.3 Å². The van der Waals surface area contributed by atoms with Gasteiger partial charge in [-0.3, -0.25) is 9.59 Å². The molecule has 2 saturated heterocycles. The molecule has 0 aromatic rings. The van der Waals surface area contributed by atoms with Crippen molar-refractivity contribution in [3.05, 3.63) is 0 Å². The highest BCUT2D eigenvalue weighted by molar-refractivity contribution is 5.66. The van der Waals surface area contributed by atoms with Crippen molar-refractivity contribution >= 4 is 11.9 Å². The Kier molecular flexibility index (Phi) is 4.99. The summed E-state index contributed by atoms with van der Waals surface area (Å²) in [6, 6.07) is 0. The standard InChI is InChI=1S/C14H22O6/c1-4-10-6-18-14-11(10)5-12(19-9(3)16)13(20-14)7-17-8(2)15/h10-14H,4-7H2,1-3H3/t10-,11+,12+,13-,14+/m1/s1. The number of hydrogen-bond donors (Lipinski definition) is 0. The molecule has 20 heavy (non-hydrogen) atoms. The number of rotatable bonds is 4. The van der Waals surface area contributed by atoms with Gasteiger partial charge in [-0.25, -0.2) is 0 Å². The molecule has 0 aromatic heterocycles. The van der Waals surface area contributed by atoms with Crippen LogP contribution in [0.3, 0.4) is 0 Å². The average molecular weight is 286 g/mol. The van der Waals surface area contributed by atoms with E-state index >= 15 is 0 Å². The van der Waals surface area contributed by atoms with Crippen LogP contribution in [0, 0.1) is 11.8 Å². The third-order valence-electron chi connectivity index (χ3n) is 3.95. The van der Waals surface area contributed by atoms with E-state index in [0.717, 1.165) is 6.42 Å². The lowest BCUT2D eigenvalue weighted by Gasteiger charge is -2.38. The van der Waals surface area contributed by atoms with Crippen LogP contribution in [0.5, 0.6) is 0 Å². The SMILES string of the molecule is CC[C@@H]1CO[C@H]2O[C@H](COC(C)=O)[C@@H](OC(C)=O)C[C@@H]12. The smallest absolute Gasteiger partial charge is 0.302 e. The zero-order valence-corrected chi connectivity index (χ0v) is 12.2. The molecule has 0 aromatic carbocycles. The van der Waals surface area contributed by atoms with E-state index in [1.54, 1.807) is 0 Å². The van der Waals surface area contributed by atoms with Gasteiger partial charge in [-0.15, -0.1) is 0 Å². The molecule has 2 aliphatic heterocycles. The van der Waals surface area contributed by atoms with Crippen molar-refractivity contribution in [2.75, 3.05) is 13.2 Å². The second-order valence-electron chi connectivity index (χ2n) is 5.39. The van der Waals surface area contributed by atoms with Crippen molar-refractivity contribution in [3.8, 4) is 0 Å². The van der Waals surface area contributed by atoms with Crippen molar-refractivity contribution in [2.24, 2.45) is 11.8 Å². The van der Waals surface area contributed by atoms with Gasteiger partial charge < -0.3 is 18.9 Å². The van der Waals surface area contributed by atoms with Crippen LogP contribution in [0.25, 0.3) is 0 Å². The van der Waals surface area contributed by atoms with Crippen LogP contribution in [0.2, 0.25) is 0 Å². The molecular formula is C14H22O6. The third kappa shape index (κ3) is 3.49. The minimum atomic E-state index is -0.459. The number of esters is 2. The molecule has 114 valence electrons. The summed E-state index contributed by atoms with van der Waals surface area (Å²) in [5, 5.41) is 0. The van der Waals surface area contributed by atoms with Crippen molar-refractivity contribution in [1.82, 2.24) is 0 Å². The van der Waals surface area contributed by atoms with Gasteiger partial charge in [-0.1, -0.05) is 13.3 Å². The van der Waals surface area contributed by atoms with E-state index in [4.69, 9.17) is 18.9 Å². The Bertz CT molecular complexity index is 369. The fraction of sp³-hybridized carbons (Fsp3) is 0.857. The maximum absolute atomic E-state index is 11.2. The van der Waals surface area contributed by atoms with Crippen molar-refractivity contribution in [2.45, 2.75) is 52.1 Å². The number of carbonyl (C=O) groups excluding carboxylic acids is 2. The predicted octanol–water partition coefficient (Wildman–Crippen LogP) is 1.27. The normalized spacial score (nSPS) is 36.2. The first-order valence-corrected chi connectivity index (χ1v) is 7.09. The molecule has 5 atom stereocenters. The molecule has 2 rings (SSSR count). The Morgan fingerprint density at radius 2 is 2.00 bits per heavy atom. The Morgan fingerprint density at radius 3 is 2.60 bits per heavy atom. The van der Waals surface area contributed by atoms with Gasteiger partial charge in [0.15, 0.2) is 6.29 Å². The van der Waals surface area contributed by atoms with Gasteiger partial charge in [0, 0.05) is 19.8 Å². The molecule has 0 aliphatic carbocycles. The Morgan fingerprint density at radius 1 is 1.25 bits per heavy atom. The first kappa shape index (κ1) is 15.3. The molecule has 6 heteroatoms. The molecule has 0 bridgehead atoms. The third-order valence-corrected chi connectivity index (χ3v) is 3.95. The number of ether oxygens (including phenoxy) is 4. The fourth-order valence-electron chi connectivity index (χ4n) is 2.92. The second-order valence-corrected chi connectivity index (χ2v) is 5.39. The summed E-state index contributed by atoms with van der Waals surface area (Å²) >= 11 is 0. The maximum Gasteiger partial charge on any atom is 0.302 e. The van der Waals surface area contributed by atoms with E-state index in [1.165, 1.54) is 13.8 Å². The van der Waals surface area contributed by atoms with Gasteiger partial charge in [0.1, 0.15) is 18.8 Å². The summed E-state index contributed by atoms with van der Waals surface area (Å²) < 4.78 is 21.8. The van der Waals surface area contributed by atoms with E-state index in [1.807, 2.05) is 0 Å². The highest BCUT2D eigenvalue weighted by atomic mass is 16.7. The van der Waals surface area contributed by atoms with Gasteiger partial charge in [0.25, 0.3) is 0 Å². The lowest BCUT2D eigenvalue weighted by Crippen LogP contribution is -2.48. The van der Waals surface area contributed by atoms with Crippen LogP contribution < -0.4 is 0 Å². The molecule has 0 unspecified atom stereocenters. The second kappa shape index (κ2) is 6.54. The predicted molar refractivity (Wildman–Crippen MR) is 68.7 cm³/mol. The average Bonchev–Trinajstić information content (AvgIpc) is 2.77. The van der Waals surface area contributed by atoms with Crippen LogP contribution >= 0.6 is 0 Å². The summed E-state index contributed by atoms with van der Waals surface area (Å²) in [7, 11) is 0. The van der Waals surface area contributed by atoms with Gasteiger partial charge in [0.2, 0.25) is 0 Å². The van der Waals surface area contributed by atoms with E-state index in [9.17, 15) is 9.59 Å². The quantitative estimate of drug-likeness (QED) is 0.725. The molecule has 2 fully saturated rings. The summed E-state index contributed by atoms with van der Waals surface area (Å²) in [4.78, 5) is 22.1. The summed E-state index contributed by atoms with van der Waals surface area (Å²) in [5.74, 6) is -0.0708. The van der Waals surface area contributed by atoms with E-state index in [0.29, 0.717) is 18.9 Å². The molecule has 2 heterocycles. The van der Waals surface area contributed by atoms with Crippen LogP contribution in [0.1, 0.15) is 33.6 Å². The van der Waals surface area contributed by atoms with Crippen LogP contribution in [-0.4, -0.2) is 43.7 Å². The Labute approximate surface area is 118 Å². The highest BCUT2D eigenvalue weighted by Crippen LogP contribution is 2.39. The minimum absolute atomic E-state index is 0.0800. The van der Waals surface area contributed by atoms with Crippen LogP contribution in [0.4, 0.5) is 0 Å². The number of hydrogen-bond acceptors (Lipinski definition) is 6. The first-order chi connectivity index (χ1) is 9.51. The van der Waals surface area contributed by atoms with E-state index < -0.39 is 6.10 Å². The highest BCUT2D eigenvalue weighted by Gasteiger charge is 2.47. The zero-order chi connectivity index (χ0) is 14.7. The molecule has 2 aliphatic rings. The molecule has 0 amide bonds. The summed E-state index contributed by atoms with van der Waals surface area (Å²) in [5.41, 5.74) is 0. The Hall–Kier alpha value is -1.14. The maximum atomic E-state index is 11.2. The molecule has 0 radical (unpaired) electrons. The van der Waals surface area contributed by atoms with Crippen molar-refractivity contribution < 1.29 is 28.5 Å². The topological polar surface area (TPSA) is 71.1 Å². The summed E-state index contributed by atoms with van der Waals surface area (Å²) in [6.45, 7) is 5.57. The van der Waals surface area contributed by atoms with Gasteiger partial charge in [0.05, 0.1) is 6.61 Å². The largest absolute Gasteiger partial charge is 0.463 e. The lowest BCUT2D eigenvalue weighted by atomic mass is 9.84. The zero-order valence-electron chi connectivity index (χ0n) is 12.2. The minimum Gasteiger partial charge on any atom is -0.463 e. The lowest BCUT2D eigenvalue weighted by molar-refractivity contribution is -0.236. The molecule has 6 nitrogen and oxygen atoms in total. The fourth-order valence-corrected chi connectivity index (χ4v) is 2.92. The van der Waals surface area contributed by atoms with Crippen molar-refractivity contribution in [3.63, 3.8) is 0 Å². The van der Waals surface area contributed by atoms with E-state index in [-0.39, 0.29) is 36.9 Å². The molecule has 0 spiro atoms. The van der Waals surface area contributed by atoms with Crippen LogP contribution in [0.15, 0.2) is 0 Å². The van der Waals surface area contributed by atoms with Gasteiger partial charge in [-0.2, -0.15) is 0 Å². The monoisotopic (exact) mass is 286 g/mol. The Balaban J connectivity index is 2.02. The summed E-state index contributed by atoms with van der Waals surface area (Å²) in [6.07, 6.45) is 0.566. The van der Waals surface area contributed by atoms with Crippen LogP contribution in [-0.2, 0) is 28.5 Å². The number of fused-ring (bicyclic) bond motifs is 1. The molecular weight excluding hydrogens is 264 g/mol. The number of carbonyl (C=O) groups is 2. The first-order valence-electron chi connectivity index (χ1n) is 7.09. The molecule has 0 N–H and O–H groups in total. The molecule has 0 saturated carbocycles. The van der Waals surface area contributed by atoms with Gasteiger partial charge >= 0.3 is 11.9 Å². The van der Waals surface area contributed by atoms with E-state index in [2.05, 4.69) is 6.92 Å².